The van der Waals surface area contributed by atoms with E-state index in [2.05, 4.69) is 31.9 Å². The predicted molar refractivity (Wildman–Crippen MR) is 302 cm³/mol. The van der Waals surface area contributed by atoms with Crippen molar-refractivity contribution < 1.29 is 95.8 Å². The fraction of sp³-hybridized carbons (Fsp3) is 0.690. The van der Waals surface area contributed by atoms with E-state index in [0.717, 1.165) is 0 Å². The molecule has 476 valence electrons. The van der Waals surface area contributed by atoms with E-state index in [1.807, 2.05) is 30.3 Å². The number of alkyl carbamates (subject to hydrolysis) is 5. The fourth-order valence-corrected chi connectivity index (χ4v) is 9.64. The minimum Gasteiger partial charge on any atom is -0.497 e. The van der Waals surface area contributed by atoms with Gasteiger partial charge in [-0.2, -0.15) is 0 Å². The summed E-state index contributed by atoms with van der Waals surface area (Å²) < 4.78 is 72.0. The Kier molecular flexibility index (Phi) is 23.5. The molecule has 4 fully saturated rings. The van der Waals surface area contributed by atoms with E-state index in [0.29, 0.717) is 16.9 Å². The molecule has 0 radical (unpaired) electrons. The number of hydrogen-bond donors (Lipinski definition) is 9. The molecule has 0 unspecified atom stereocenters. The van der Waals surface area contributed by atoms with E-state index < -0.39 is 151 Å². The zero-order chi connectivity index (χ0) is 62.6. The average molecular weight is 1200 g/mol. The first-order valence-corrected chi connectivity index (χ1v) is 28.6. The van der Waals surface area contributed by atoms with Gasteiger partial charge in [0.2, 0.25) is 5.91 Å². The Balaban J connectivity index is 1.34. The minimum atomic E-state index is -1.93. The molecule has 10 N–H and O–H groups in total. The number of carbonyl (C=O) groups is 6. The molecule has 27 heteroatoms. The molecule has 0 aromatic heterocycles. The molecule has 4 aliphatic rings. The third-order valence-electron chi connectivity index (χ3n) is 13.3. The zero-order valence-electron chi connectivity index (χ0n) is 50.8. The highest BCUT2D eigenvalue weighted by Crippen LogP contribution is 2.37. The van der Waals surface area contributed by atoms with Crippen LogP contribution in [0.4, 0.5) is 24.0 Å². The molecule has 1 aliphatic carbocycles. The third kappa shape index (κ3) is 21.6. The number of methoxy groups -OCH3 is 1. The summed E-state index contributed by atoms with van der Waals surface area (Å²) >= 11 is 0. The standard InChI is InChI=1S/C58H89N7O20/c1-55(2,3)82-51(70)61-28-34-23-24-35(63-52(71)83-56(4,5)6)48(77-34)79-44-37(64-53(72)84-57(7,8)9)27-36(62-46(68)38(66)25-26-60-50(69)76-29-31-19-21-33(74-13)22-20-31)43(42(44)67)80-49-41(65-54(73)85-58(10,11)12)40(59)45-39(78-49)30-75-47(81-45)32-17-15-14-16-18-32/h14-22,34-45,47-49,66-67H,23-30,59H2,1-13H3,(H,60,69)(H,61,70)(H,62,68)(H,63,71)(H,64,72)(H,65,73)/t34-,35+,36+,37-,38-,39+,40+,41+,42+,43-,44+,45+,47+,48+,49+/m0/s1. The Bertz CT molecular complexity index is 2520. The molecule has 2 aromatic rings. The van der Waals surface area contributed by atoms with Crippen LogP contribution >= 0.6 is 0 Å². The van der Waals surface area contributed by atoms with Crippen molar-refractivity contribution >= 4 is 36.4 Å². The van der Waals surface area contributed by atoms with E-state index in [1.54, 1.807) is 107 Å². The Morgan fingerprint density at radius 3 is 1.79 bits per heavy atom. The topological polar surface area (TPSA) is 352 Å². The summed E-state index contributed by atoms with van der Waals surface area (Å²) in [5.41, 5.74) is 4.67. The lowest BCUT2D eigenvalue weighted by Gasteiger charge is -2.51. The monoisotopic (exact) mass is 1200 g/mol. The van der Waals surface area contributed by atoms with Crippen LogP contribution < -0.4 is 42.4 Å². The highest BCUT2D eigenvalue weighted by Gasteiger charge is 2.55. The van der Waals surface area contributed by atoms with Gasteiger partial charge in [0.25, 0.3) is 0 Å². The molecule has 1 saturated carbocycles. The molecule has 6 rings (SSSR count). The van der Waals surface area contributed by atoms with Crippen molar-refractivity contribution in [1.29, 1.82) is 0 Å². The molecule has 3 heterocycles. The largest absolute Gasteiger partial charge is 0.497 e. The maximum atomic E-state index is 14.2. The minimum absolute atomic E-state index is 0.0731. The van der Waals surface area contributed by atoms with Gasteiger partial charge in [-0.15, -0.1) is 0 Å². The maximum Gasteiger partial charge on any atom is 0.408 e. The van der Waals surface area contributed by atoms with Gasteiger partial charge >= 0.3 is 30.5 Å². The molecule has 15 atom stereocenters. The SMILES string of the molecule is COc1ccc(COC(=O)NCC[C@H](O)C(=O)N[C@@H]2C[C@H](NC(=O)OC(C)(C)C)[C@@H](O[C@H]3O[C@H](CNC(=O)OC(C)(C)C)CC[C@H]3NC(=O)OC(C)(C)C)[C@H](O)[C@H]2O[C@H]2O[C@@H]3CO[C@@H](c4ccccc4)O[C@H]3[C@H](N)[C@H]2NC(=O)OC(C)(C)C)cc1. The Morgan fingerprint density at radius 1 is 0.647 bits per heavy atom. The number of benzene rings is 2. The maximum absolute atomic E-state index is 14.2. The van der Waals surface area contributed by atoms with Gasteiger partial charge in [0.15, 0.2) is 18.9 Å². The fourth-order valence-electron chi connectivity index (χ4n) is 9.64. The van der Waals surface area contributed by atoms with Crippen LogP contribution in [0, 0.1) is 0 Å². The van der Waals surface area contributed by atoms with Crippen LogP contribution in [-0.2, 0) is 63.5 Å². The first-order valence-electron chi connectivity index (χ1n) is 28.6. The zero-order valence-corrected chi connectivity index (χ0v) is 50.8. The van der Waals surface area contributed by atoms with Crippen LogP contribution in [0.25, 0.3) is 0 Å². The second kappa shape index (κ2) is 29.4. The highest BCUT2D eigenvalue weighted by atomic mass is 16.8. The van der Waals surface area contributed by atoms with E-state index in [4.69, 9.17) is 62.6 Å². The molecule has 2 aromatic carbocycles. The van der Waals surface area contributed by atoms with Gasteiger partial charge in [-0.25, -0.2) is 24.0 Å². The summed E-state index contributed by atoms with van der Waals surface area (Å²) in [6, 6.07) is 9.88. The van der Waals surface area contributed by atoms with Crippen molar-refractivity contribution in [2.45, 2.75) is 230 Å². The number of aliphatic hydroxyl groups is 2. The van der Waals surface area contributed by atoms with Crippen molar-refractivity contribution in [3.63, 3.8) is 0 Å². The van der Waals surface area contributed by atoms with E-state index in [1.165, 1.54) is 7.11 Å². The number of nitrogens with two attached hydrogens (primary N) is 1. The highest BCUT2D eigenvalue weighted by molar-refractivity contribution is 5.81. The molecular formula is C58H89N7O20. The number of carbonyl (C=O) groups excluding carboxylic acids is 6. The third-order valence-corrected chi connectivity index (χ3v) is 13.3. The van der Waals surface area contributed by atoms with E-state index in [-0.39, 0.29) is 52.0 Å². The van der Waals surface area contributed by atoms with Crippen LogP contribution in [0.1, 0.15) is 126 Å². The molecule has 3 aliphatic heterocycles. The molecule has 27 nitrogen and oxygen atoms in total. The first kappa shape index (κ1) is 67.8. The Hall–Kier alpha value is -6.30. The Morgan fingerprint density at radius 2 is 1.20 bits per heavy atom. The first-order chi connectivity index (χ1) is 39.7. The van der Waals surface area contributed by atoms with E-state index in [9.17, 15) is 39.0 Å². The number of rotatable bonds is 18. The van der Waals surface area contributed by atoms with Crippen LogP contribution in [-0.4, -0.2) is 181 Å². The van der Waals surface area contributed by atoms with Crippen LogP contribution in [0.3, 0.4) is 0 Å². The lowest BCUT2D eigenvalue weighted by Crippen LogP contribution is -2.72. The number of hydrogen-bond acceptors (Lipinski definition) is 21. The van der Waals surface area contributed by atoms with Gasteiger partial charge in [0.1, 0.15) is 77.4 Å². The predicted octanol–water partition coefficient (Wildman–Crippen LogP) is 4.57. The normalized spacial score (nSPS) is 28.4. The molecule has 85 heavy (non-hydrogen) atoms. The molecule has 0 spiro atoms. The number of fused-ring (bicyclic) bond motifs is 1. The molecule has 3 saturated heterocycles. The lowest BCUT2D eigenvalue weighted by molar-refractivity contribution is -0.341. The van der Waals surface area contributed by atoms with Gasteiger partial charge in [0, 0.05) is 18.7 Å². The number of ether oxygens (including phenoxy) is 12. The Labute approximate surface area is 496 Å². The quantitative estimate of drug-likeness (QED) is 0.0923. The summed E-state index contributed by atoms with van der Waals surface area (Å²) in [6.45, 7) is 19.6. The van der Waals surface area contributed by atoms with Crippen molar-refractivity contribution in [2.24, 2.45) is 5.73 Å². The molecule has 0 bridgehead atoms. The van der Waals surface area contributed by atoms with Gasteiger partial charge in [-0.3, -0.25) is 4.79 Å². The smallest absolute Gasteiger partial charge is 0.408 e. The second-order valence-corrected chi connectivity index (χ2v) is 25.3. The van der Waals surface area contributed by atoms with Gasteiger partial charge in [0.05, 0.1) is 44.0 Å². The summed E-state index contributed by atoms with van der Waals surface area (Å²) in [7, 11) is 1.53. The van der Waals surface area contributed by atoms with Crippen molar-refractivity contribution in [2.75, 3.05) is 26.8 Å². The summed E-state index contributed by atoms with van der Waals surface area (Å²) in [5, 5.41) is 40.7. The van der Waals surface area contributed by atoms with Crippen LogP contribution in [0.15, 0.2) is 54.6 Å². The van der Waals surface area contributed by atoms with Crippen LogP contribution in [0.5, 0.6) is 5.75 Å². The summed E-state index contributed by atoms with van der Waals surface area (Å²) in [5.74, 6) is -0.370. The number of amides is 6. The molecular weight excluding hydrogens is 1110 g/mol. The second-order valence-electron chi connectivity index (χ2n) is 25.3. The lowest BCUT2D eigenvalue weighted by atomic mass is 9.82. The summed E-state index contributed by atoms with van der Waals surface area (Å²) in [4.78, 5) is 80.8. The summed E-state index contributed by atoms with van der Waals surface area (Å²) in [6.07, 6.45) is -17.9. The number of aliphatic hydroxyl groups excluding tert-OH is 2. The average Bonchev–Trinajstić information content (AvgIpc) is 3.46. The van der Waals surface area contributed by atoms with Gasteiger partial charge in [-0.1, -0.05) is 42.5 Å². The molecule has 6 amide bonds. The van der Waals surface area contributed by atoms with Crippen molar-refractivity contribution in [3.05, 3.63) is 65.7 Å². The van der Waals surface area contributed by atoms with E-state index >= 15 is 0 Å². The van der Waals surface area contributed by atoms with Crippen molar-refractivity contribution in [1.82, 2.24) is 31.9 Å². The van der Waals surface area contributed by atoms with Gasteiger partial charge in [-0.05, 0) is 126 Å². The van der Waals surface area contributed by atoms with Crippen LogP contribution in [0.2, 0.25) is 0 Å². The van der Waals surface area contributed by atoms with Gasteiger partial charge < -0.3 is 105 Å². The van der Waals surface area contributed by atoms with Crippen molar-refractivity contribution in [3.8, 4) is 5.75 Å². The number of nitrogens with one attached hydrogen (secondary N) is 6.